The number of rotatable bonds is 3. The quantitative estimate of drug-likeness (QED) is 0.875. The molecule has 19 heavy (non-hydrogen) atoms. The van der Waals surface area contributed by atoms with Crippen molar-refractivity contribution in [2.45, 2.75) is 18.8 Å². The van der Waals surface area contributed by atoms with Gasteiger partial charge < -0.3 is 5.32 Å². The number of nitrogens with zero attached hydrogens (tertiary/aromatic N) is 3. The van der Waals surface area contributed by atoms with E-state index in [1.54, 1.807) is 0 Å². The Bertz CT molecular complexity index is 622. The minimum atomic E-state index is 0.609. The second-order valence-electron chi connectivity index (χ2n) is 5.05. The van der Waals surface area contributed by atoms with E-state index >= 15 is 0 Å². The van der Waals surface area contributed by atoms with E-state index in [1.807, 2.05) is 0 Å². The Morgan fingerprint density at radius 1 is 1.05 bits per heavy atom. The molecule has 0 radical (unpaired) electrons. The van der Waals surface area contributed by atoms with E-state index < -0.39 is 0 Å². The van der Waals surface area contributed by atoms with Gasteiger partial charge in [0, 0.05) is 23.6 Å². The van der Waals surface area contributed by atoms with Gasteiger partial charge in [0.25, 0.3) is 0 Å². The number of hydrogen-bond acceptors (Lipinski definition) is 4. The van der Waals surface area contributed by atoms with Crippen LogP contribution in [0, 0.1) is 0 Å². The normalized spacial score (nSPS) is 18.2. The predicted molar refractivity (Wildman–Crippen MR) is 73.2 cm³/mol. The van der Waals surface area contributed by atoms with Crippen LogP contribution in [-0.2, 0) is 0 Å². The fraction of sp³-hybridized carbons (Fsp3) is 0.357. The summed E-state index contributed by atoms with van der Waals surface area (Å²) >= 11 is 0. The molecule has 1 aliphatic carbocycles. The molecule has 2 aliphatic rings. The van der Waals surface area contributed by atoms with Crippen molar-refractivity contribution in [3.05, 3.63) is 35.7 Å². The molecule has 0 bridgehead atoms. The van der Waals surface area contributed by atoms with Crippen molar-refractivity contribution in [1.29, 1.82) is 0 Å². The second-order valence-corrected chi connectivity index (χ2v) is 5.05. The lowest BCUT2D eigenvalue weighted by molar-refractivity contribution is 0.935. The first kappa shape index (κ1) is 10.7. The molecule has 5 nitrogen and oxygen atoms in total. The maximum Gasteiger partial charge on any atom is 0.181 e. The molecule has 1 saturated carbocycles. The van der Waals surface area contributed by atoms with Crippen molar-refractivity contribution in [1.82, 2.24) is 20.5 Å². The standard InChI is InChI=1S/C14H15N5/c1-3-10(4-2-9(1)12-15-7-8-16-12)13-17-14(19-18-13)11-5-6-11/h1-4,11H,5-8H2,(H,15,16)(H,17,18,19). The monoisotopic (exact) mass is 253 g/mol. The highest BCUT2D eigenvalue weighted by atomic mass is 15.2. The summed E-state index contributed by atoms with van der Waals surface area (Å²) in [6.45, 7) is 1.80. The van der Waals surface area contributed by atoms with Crippen LogP contribution in [0.15, 0.2) is 29.3 Å². The number of amidine groups is 1. The lowest BCUT2D eigenvalue weighted by Gasteiger charge is -2.02. The van der Waals surface area contributed by atoms with E-state index in [2.05, 4.69) is 49.8 Å². The van der Waals surface area contributed by atoms with E-state index in [4.69, 9.17) is 0 Å². The number of aromatic amines is 1. The Kier molecular flexibility index (Phi) is 2.36. The lowest BCUT2D eigenvalue weighted by Crippen LogP contribution is -2.19. The van der Waals surface area contributed by atoms with Crippen LogP contribution in [0.5, 0.6) is 0 Å². The maximum atomic E-state index is 4.56. The Morgan fingerprint density at radius 2 is 1.84 bits per heavy atom. The molecule has 2 N–H and O–H groups in total. The van der Waals surface area contributed by atoms with Gasteiger partial charge in [-0.2, -0.15) is 5.10 Å². The van der Waals surface area contributed by atoms with E-state index in [-0.39, 0.29) is 0 Å². The number of nitrogens with one attached hydrogen (secondary N) is 2. The third-order valence-corrected chi connectivity index (χ3v) is 3.56. The number of benzene rings is 1. The van der Waals surface area contributed by atoms with Crippen LogP contribution >= 0.6 is 0 Å². The fourth-order valence-corrected chi connectivity index (χ4v) is 2.31. The zero-order valence-corrected chi connectivity index (χ0v) is 10.6. The number of aliphatic imine (C=N–C) groups is 1. The van der Waals surface area contributed by atoms with Crippen LogP contribution < -0.4 is 5.32 Å². The predicted octanol–water partition coefficient (Wildman–Crippen LogP) is 1.70. The highest BCUT2D eigenvalue weighted by molar-refractivity contribution is 5.99. The minimum absolute atomic E-state index is 0.609. The van der Waals surface area contributed by atoms with Crippen LogP contribution in [0.4, 0.5) is 0 Å². The Balaban J connectivity index is 1.60. The summed E-state index contributed by atoms with van der Waals surface area (Å²) in [7, 11) is 0. The summed E-state index contributed by atoms with van der Waals surface area (Å²) in [6, 6.07) is 8.24. The first-order valence-corrected chi connectivity index (χ1v) is 6.71. The van der Waals surface area contributed by atoms with Gasteiger partial charge in [0.2, 0.25) is 0 Å². The summed E-state index contributed by atoms with van der Waals surface area (Å²) < 4.78 is 0. The molecule has 96 valence electrons. The largest absolute Gasteiger partial charge is 0.368 e. The van der Waals surface area contributed by atoms with Gasteiger partial charge >= 0.3 is 0 Å². The Morgan fingerprint density at radius 3 is 2.53 bits per heavy atom. The molecular weight excluding hydrogens is 238 g/mol. The van der Waals surface area contributed by atoms with Gasteiger partial charge in [-0.1, -0.05) is 24.3 Å². The summed E-state index contributed by atoms with van der Waals surface area (Å²) in [6.07, 6.45) is 2.47. The molecule has 1 aromatic carbocycles. The number of hydrogen-bond donors (Lipinski definition) is 2. The molecule has 2 heterocycles. The van der Waals surface area contributed by atoms with E-state index in [9.17, 15) is 0 Å². The van der Waals surface area contributed by atoms with Crippen molar-refractivity contribution in [2.24, 2.45) is 4.99 Å². The van der Waals surface area contributed by atoms with Crippen LogP contribution in [0.2, 0.25) is 0 Å². The average Bonchev–Trinajstić information content (AvgIpc) is 2.97. The topological polar surface area (TPSA) is 66.0 Å². The fourth-order valence-electron chi connectivity index (χ4n) is 2.31. The van der Waals surface area contributed by atoms with Gasteiger partial charge in [-0.15, -0.1) is 0 Å². The molecule has 0 saturated heterocycles. The van der Waals surface area contributed by atoms with Gasteiger partial charge in [-0.3, -0.25) is 10.1 Å². The molecule has 2 aromatic rings. The van der Waals surface area contributed by atoms with Crippen LogP contribution in [0.1, 0.15) is 30.1 Å². The highest BCUT2D eigenvalue weighted by Crippen LogP contribution is 2.38. The molecule has 1 aliphatic heterocycles. The highest BCUT2D eigenvalue weighted by Gasteiger charge is 2.27. The molecule has 0 unspecified atom stereocenters. The molecule has 1 fully saturated rings. The van der Waals surface area contributed by atoms with Crippen LogP contribution in [0.3, 0.4) is 0 Å². The van der Waals surface area contributed by atoms with E-state index in [1.165, 1.54) is 12.8 Å². The van der Waals surface area contributed by atoms with E-state index in [0.717, 1.165) is 41.7 Å². The minimum Gasteiger partial charge on any atom is -0.368 e. The van der Waals surface area contributed by atoms with E-state index in [0.29, 0.717) is 5.92 Å². The van der Waals surface area contributed by atoms with Gasteiger partial charge in [-0.05, 0) is 12.8 Å². The second kappa shape index (κ2) is 4.19. The van der Waals surface area contributed by atoms with Crippen molar-refractivity contribution in [3.8, 4) is 11.4 Å². The smallest absolute Gasteiger partial charge is 0.181 e. The molecule has 0 atom stereocenters. The maximum absolute atomic E-state index is 4.56. The number of H-pyrrole nitrogens is 1. The van der Waals surface area contributed by atoms with Crippen molar-refractivity contribution >= 4 is 5.84 Å². The number of aromatic nitrogens is 3. The average molecular weight is 253 g/mol. The van der Waals surface area contributed by atoms with Gasteiger partial charge in [0.05, 0.1) is 6.54 Å². The third kappa shape index (κ3) is 2.01. The lowest BCUT2D eigenvalue weighted by atomic mass is 10.1. The van der Waals surface area contributed by atoms with Crippen LogP contribution in [0.25, 0.3) is 11.4 Å². The van der Waals surface area contributed by atoms with Gasteiger partial charge in [-0.25, -0.2) is 4.98 Å². The molecule has 1 aromatic heterocycles. The van der Waals surface area contributed by atoms with Crippen molar-refractivity contribution in [2.75, 3.05) is 13.1 Å². The molecule has 5 heteroatoms. The molecule has 4 rings (SSSR count). The Hall–Kier alpha value is -2.17. The zero-order valence-electron chi connectivity index (χ0n) is 10.6. The zero-order chi connectivity index (χ0) is 12.7. The van der Waals surface area contributed by atoms with Crippen LogP contribution in [-0.4, -0.2) is 34.1 Å². The first-order chi connectivity index (χ1) is 9.40. The third-order valence-electron chi connectivity index (χ3n) is 3.56. The summed E-state index contributed by atoms with van der Waals surface area (Å²) in [5.41, 5.74) is 2.17. The van der Waals surface area contributed by atoms with Gasteiger partial charge in [0.15, 0.2) is 5.82 Å². The summed E-state index contributed by atoms with van der Waals surface area (Å²) in [5.74, 6) is 3.41. The van der Waals surface area contributed by atoms with Crippen molar-refractivity contribution in [3.63, 3.8) is 0 Å². The molecule has 0 spiro atoms. The Labute approximate surface area is 111 Å². The molecule has 0 amide bonds. The summed E-state index contributed by atoms with van der Waals surface area (Å²) in [5, 5.41) is 10.6. The SMILES string of the molecule is c1cc(-c2n[nH]c(C3CC3)n2)ccc1C1=NCCN1. The molecular formula is C14H15N5. The van der Waals surface area contributed by atoms with Crippen molar-refractivity contribution < 1.29 is 0 Å². The summed E-state index contributed by atoms with van der Waals surface area (Å²) in [4.78, 5) is 8.97. The first-order valence-electron chi connectivity index (χ1n) is 6.71. The van der Waals surface area contributed by atoms with Gasteiger partial charge in [0.1, 0.15) is 11.7 Å².